The minimum Gasteiger partial charge on any atom is -0.381 e. The molecule has 0 radical (unpaired) electrons. The van der Waals surface area contributed by atoms with Crippen molar-refractivity contribution in [3.63, 3.8) is 0 Å². The minimum atomic E-state index is 0.0322. The van der Waals surface area contributed by atoms with Crippen LogP contribution in [0.2, 0.25) is 0 Å². The lowest BCUT2D eigenvalue weighted by Crippen LogP contribution is -2.49. The van der Waals surface area contributed by atoms with E-state index in [4.69, 9.17) is 4.74 Å². The maximum absolute atomic E-state index is 13.1. The standard InChI is InChI=1S/C24H30N2O3S/c1-25(24(28)22-8-5-15-30-22)21(16-18-6-3-2-4-7-18)19-9-12-26(13-10-19)23(27)20-11-14-29-17-20/h2-8,15,19-21H,9-14,16-17H2,1H3/t20-,21-/m0/s1. The van der Waals surface area contributed by atoms with Crippen molar-refractivity contribution >= 4 is 23.2 Å². The number of benzene rings is 1. The molecule has 160 valence electrons. The summed E-state index contributed by atoms with van der Waals surface area (Å²) in [6.45, 7) is 2.80. The van der Waals surface area contributed by atoms with Crippen LogP contribution in [0, 0.1) is 11.8 Å². The van der Waals surface area contributed by atoms with E-state index in [1.807, 2.05) is 40.4 Å². The van der Waals surface area contributed by atoms with Gasteiger partial charge in [0.2, 0.25) is 5.91 Å². The van der Waals surface area contributed by atoms with Gasteiger partial charge in [-0.25, -0.2) is 0 Å². The first-order valence-electron chi connectivity index (χ1n) is 10.8. The van der Waals surface area contributed by atoms with Gasteiger partial charge >= 0.3 is 0 Å². The molecule has 2 aliphatic rings. The summed E-state index contributed by atoms with van der Waals surface area (Å²) in [6.07, 6.45) is 3.54. The van der Waals surface area contributed by atoms with Gasteiger partial charge in [0, 0.05) is 32.8 Å². The molecule has 0 bridgehead atoms. The Labute approximate surface area is 182 Å². The van der Waals surface area contributed by atoms with Gasteiger partial charge in [-0.1, -0.05) is 36.4 Å². The Hall–Kier alpha value is -2.18. The van der Waals surface area contributed by atoms with E-state index < -0.39 is 0 Å². The number of ether oxygens (including phenoxy) is 1. The molecule has 2 amide bonds. The highest BCUT2D eigenvalue weighted by Crippen LogP contribution is 2.29. The predicted octanol–water partition coefficient (Wildman–Crippen LogP) is 3.71. The number of likely N-dealkylation sites (tertiary alicyclic amines) is 1. The molecule has 6 heteroatoms. The molecule has 0 N–H and O–H groups in total. The van der Waals surface area contributed by atoms with Crippen molar-refractivity contribution in [1.82, 2.24) is 9.80 Å². The number of likely N-dealkylation sites (N-methyl/N-ethyl adjacent to an activating group) is 1. The summed E-state index contributed by atoms with van der Waals surface area (Å²) in [5.74, 6) is 0.744. The van der Waals surface area contributed by atoms with Gasteiger partial charge in [0.15, 0.2) is 0 Å². The summed E-state index contributed by atoms with van der Waals surface area (Å²) in [4.78, 5) is 30.6. The van der Waals surface area contributed by atoms with Gasteiger partial charge in [0.05, 0.1) is 17.4 Å². The lowest BCUT2D eigenvalue weighted by atomic mass is 9.84. The van der Waals surface area contributed by atoms with Gasteiger partial charge < -0.3 is 14.5 Å². The van der Waals surface area contributed by atoms with Crippen molar-refractivity contribution in [1.29, 1.82) is 0 Å². The molecule has 1 aromatic heterocycles. The average Bonchev–Trinajstić information content (AvgIpc) is 3.51. The van der Waals surface area contributed by atoms with E-state index in [1.165, 1.54) is 16.9 Å². The van der Waals surface area contributed by atoms with Gasteiger partial charge in [-0.05, 0) is 48.6 Å². The third-order valence-corrected chi connectivity index (χ3v) is 7.37. The van der Waals surface area contributed by atoms with Crippen LogP contribution in [0.4, 0.5) is 0 Å². The van der Waals surface area contributed by atoms with Crippen LogP contribution in [0.25, 0.3) is 0 Å². The first-order chi connectivity index (χ1) is 14.6. The number of nitrogens with zero attached hydrogens (tertiary/aromatic N) is 2. The molecule has 5 nitrogen and oxygen atoms in total. The maximum atomic E-state index is 13.1. The van der Waals surface area contributed by atoms with Crippen LogP contribution in [-0.2, 0) is 16.0 Å². The van der Waals surface area contributed by atoms with E-state index in [9.17, 15) is 9.59 Å². The zero-order chi connectivity index (χ0) is 20.9. The highest BCUT2D eigenvalue weighted by atomic mass is 32.1. The number of thiophene rings is 1. The van der Waals surface area contributed by atoms with Crippen molar-refractivity contribution in [2.75, 3.05) is 33.4 Å². The number of piperidine rings is 1. The fourth-order valence-corrected chi connectivity index (χ4v) is 5.40. The Morgan fingerprint density at radius 1 is 1.13 bits per heavy atom. The Balaban J connectivity index is 1.45. The number of carbonyl (C=O) groups excluding carboxylic acids is 2. The summed E-state index contributed by atoms with van der Waals surface area (Å²) in [5, 5.41) is 1.95. The van der Waals surface area contributed by atoms with E-state index in [2.05, 4.69) is 24.3 Å². The molecule has 3 heterocycles. The quantitative estimate of drug-likeness (QED) is 0.708. The molecule has 2 atom stereocenters. The summed E-state index contributed by atoms with van der Waals surface area (Å²) < 4.78 is 5.40. The second-order valence-electron chi connectivity index (χ2n) is 8.37. The Morgan fingerprint density at radius 2 is 1.90 bits per heavy atom. The van der Waals surface area contributed by atoms with Crippen LogP contribution in [0.15, 0.2) is 47.8 Å². The van der Waals surface area contributed by atoms with Crippen LogP contribution in [0.1, 0.15) is 34.5 Å². The zero-order valence-electron chi connectivity index (χ0n) is 17.5. The summed E-state index contributed by atoms with van der Waals surface area (Å²) in [5.41, 5.74) is 1.25. The van der Waals surface area contributed by atoms with Crippen LogP contribution >= 0.6 is 11.3 Å². The molecule has 0 saturated carbocycles. The summed E-state index contributed by atoms with van der Waals surface area (Å²) in [6, 6.07) is 14.3. The molecular formula is C24H30N2O3S. The molecule has 1 aromatic carbocycles. The lowest BCUT2D eigenvalue weighted by Gasteiger charge is -2.40. The van der Waals surface area contributed by atoms with E-state index in [0.717, 1.165) is 43.6 Å². The van der Waals surface area contributed by atoms with Crippen LogP contribution in [-0.4, -0.2) is 61.0 Å². The third-order valence-electron chi connectivity index (χ3n) is 6.51. The second-order valence-corrected chi connectivity index (χ2v) is 9.32. The van der Waals surface area contributed by atoms with Crippen molar-refractivity contribution in [2.45, 2.75) is 31.7 Å². The van der Waals surface area contributed by atoms with Crippen LogP contribution in [0.5, 0.6) is 0 Å². The predicted molar refractivity (Wildman–Crippen MR) is 119 cm³/mol. The van der Waals surface area contributed by atoms with Crippen molar-refractivity contribution in [2.24, 2.45) is 11.8 Å². The van der Waals surface area contributed by atoms with E-state index in [-0.39, 0.29) is 23.8 Å². The number of carbonyl (C=O) groups is 2. The molecule has 0 spiro atoms. The van der Waals surface area contributed by atoms with E-state index in [0.29, 0.717) is 19.1 Å². The first-order valence-corrected chi connectivity index (χ1v) is 11.7. The molecule has 30 heavy (non-hydrogen) atoms. The van der Waals surface area contributed by atoms with Crippen molar-refractivity contribution < 1.29 is 14.3 Å². The van der Waals surface area contributed by atoms with E-state index >= 15 is 0 Å². The topological polar surface area (TPSA) is 49.9 Å². The number of rotatable bonds is 6. The second kappa shape index (κ2) is 9.75. The first kappa shape index (κ1) is 21.1. The number of hydrogen-bond acceptors (Lipinski definition) is 4. The van der Waals surface area contributed by atoms with Gasteiger partial charge in [-0.15, -0.1) is 11.3 Å². The molecule has 4 rings (SSSR count). The average molecular weight is 427 g/mol. The molecule has 2 aromatic rings. The van der Waals surface area contributed by atoms with Gasteiger partial charge in [0.25, 0.3) is 5.91 Å². The zero-order valence-corrected chi connectivity index (χ0v) is 18.4. The summed E-state index contributed by atoms with van der Waals surface area (Å²) in [7, 11) is 1.93. The Kier molecular flexibility index (Phi) is 6.85. The third kappa shape index (κ3) is 4.76. The number of hydrogen-bond donors (Lipinski definition) is 0. The fraction of sp³-hybridized carbons (Fsp3) is 0.500. The van der Waals surface area contributed by atoms with Crippen molar-refractivity contribution in [3.05, 3.63) is 58.3 Å². The maximum Gasteiger partial charge on any atom is 0.263 e. The van der Waals surface area contributed by atoms with E-state index in [1.54, 1.807) is 0 Å². The van der Waals surface area contributed by atoms with Crippen LogP contribution < -0.4 is 0 Å². The highest BCUT2D eigenvalue weighted by Gasteiger charge is 2.35. The summed E-state index contributed by atoms with van der Waals surface area (Å²) >= 11 is 1.49. The Morgan fingerprint density at radius 3 is 2.53 bits per heavy atom. The monoisotopic (exact) mass is 426 g/mol. The van der Waals surface area contributed by atoms with Crippen molar-refractivity contribution in [3.8, 4) is 0 Å². The molecule has 0 aliphatic carbocycles. The molecule has 2 fully saturated rings. The molecule has 2 aliphatic heterocycles. The van der Waals surface area contributed by atoms with Gasteiger partial charge in [-0.2, -0.15) is 0 Å². The Bertz CT molecular complexity index is 825. The normalized spacial score (nSPS) is 20.8. The lowest BCUT2D eigenvalue weighted by molar-refractivity contribution is -0.137. The smallest absolute Gasteiger partial charge is 0.263 e. The largest absolute Gasteiger partial charge is 0.381 e. The fourth-order valence-electron chi connectivity index (χ4n) is 4.69. The van der Waals surface area contributed by atoms with Gasteiger partial charge in [0.1, 0.15) is 0 Å². The highest BCUT2D eigenvalue weighted by molar-refractivity contribution is 7.12. The molecule has 2 saturated heterocycles. The number of amides is 2. The SMILES string of the molecule is CN(C(=O)c1cccs1)[C@@H](Cc1ccccc1)C1CCN(C(=O)[C@H]2CCOC2)CC1. The van der Waals surface area contributed by atoms with Crippen LogP contribution in [0.3, 0.4) is 0 Å². The van der Waals surface area contributed by atoms with Gasteiger partial charge in [-0.3, -0.25) is 9.59 Å². The molecular weight excluding hydrogens is 396 g/mol. The molecule has 0 unspecified atom stereocenters. The minimum absolute atomic E-state index is 0.0322.